The number of nitrogens with one attached hydrogen (secondary N) is 4. The molecule has 3 atom stereocenters. The summed E-state index contributed by atoms with van der Waals surface area (Å²) in [5, 5.41) is 12.6. The summed E-state index contributed by atoms with van der Waals surface area (Å²) >= 11 is 6.21. The van der Waals surface area contributed by atoms with Gasteiger partial charge in [0.05, 0.1) is 18.9 Å². The van der Waals surface area contributed by atoms with Gasteiger partial charge in [-0.25, -0.2) is 4.98 Å². The van der Waals surface area contributed by atoms with Gasteiger partial charge in [0.1, 0.15) is 24.4 Å². The molecule has 4 rings (SSSR count). The van der Waals surface area contributed by atoms with Crippen molar-refractivity contribution in [2.45, 2.75) is 57.8 Å². The minimum Gasteiger partial charge on any atom is -0.492 e. The van der Waals surface area contributed by atoms with E-state index < -0.39 is 24.0 Å². The Morgan fingerprint density at radius 2 is 1.83 bits per heavy atom. The maximum Gasteiger partial charge on any atom is 0.244 e. The fourth-order valence-corrected chi connectivity index (χ4v) is 5.08. The van der Waals surface area contributed by atoms with Gasteiger partial charge in [-0.15, -0.1) is 0 Å². The molecule has 3 amide bonds. The van der Waals surface area contributed by atoms with Crippen molar-refractivity contribution < 1.29 is 19.1 Å². The molecule has 3 aromatic rings. The zero-order valence-corrected chi connectivity index (χ0v) is 24.8. The van der Waals surface area contributed by atoms with Crippen molar-refractivity contribution in [1.29, 1.82) is 0 Å². The highest BCUT2D eigenvalue weighted by molar-refractivity contribution is 6.30. The largest absolute Gasteiger partial charge is 0.492 e. The van der Waals surface area contributed by atoms with E-state index in [4.69, 9.17) is 16.3 Å². The summed E-state index contributed by atoms with van der Waals surface area (Å²) in [4.78, 5) is 44.5. The Hall–Kier alpha value is -3.89. The lowest BCUT2D eigenvalue weighted by Gasteiger charge is -2.28. The first kappa shape index (κ1) is 31.1. The monoisotopic (exact) mass is 594 g/mol. The summed E-state index contributed by atoms with van der Waals surface area (Å²) in [7, 11) is 0. The first-order valence-electron chi connectivity index (χ1n) is 14.3. The maximum absolute atomic E-state index is 13.6. The standard InChI is InChI=1S/C31H39ClN6O4/c1-21(2)28-31(41)36-26(19-38-15-13-33-20-38)29(39)35-12-6-9-23-8-3-4-11-27(23)42-16-14-34-25(30(40)37-28)18-22-7-5-10-24(32)17-22/h3-5,7-8,10-11,13,15,17,20-21,25-26,28,34H,6,9,12,14,16,18-19H2,1-2H3,(H,35,39)(H,36,41)(H,37,40)/t25-,26+,28-/m1/s1. The van der Waals surface area contributed by atoms with Crippen molar-refractivity contribution in [1.82, 2.24) is 30.8 Å². The first-order chi connectivity index (χ1) is 20.3. The Morgan fingerprint density at radius 1 is 1.00 bits per heavy atom. The second kappa shape index (κ2) is 15.4. The molecule has 0 bridgehead atoms. The van der Waals surface area contributed by atoms with E-state index in [0.717, 1.165) is 16.9 Å². The SMILES string of the molecule is CC(C)[C@H]1NC(=O)[C@@H](Cc2cccc(Cl)c2)NCCOc2ccccc2CCCNC(=O)[C@H](Cn2ccnc2)NC1=O. The summed E-state index contributed by atoms with van der Waals surface area (Å²) in [6, 6.07) is 12.8. The predicted molar refractivity (Wildman–Crippen MR) is 161 cm³/mol. The van der Waals surface area contributed by atoms with Crippen molar-refractivity contribution in [2.75, 3.05) is 19.7 Å². The zero-order valence-electron chi connectivity index (χ0n) is 24.0. The number of para-hydroxylation sites is 1. The van der Waals surface area contributed by atoms with Gasteiger partial charge in [-0.3, -0.25) is 14.4 Å². The van der Waals surface area contributed by atoms with Gasteiger partial charge in [0.15, 0.2) is 0 Å². The second-order valence-corrected chi connectivity index (χ2v) is 11.2. The van der Waals surface area contributed by atoms with E-state index in [1.54, 1.807) is 29.4 Å². The number of hydrogen-bond donors (Lipinski definition) is 4. The molecule has 1 aliphatic heterocycles. The Balaban J connectivity index is 1.59. The highest BCUT2D eigenvalue weighted by atomic mass is 35.5. The van der Waals surface area contributed by atoms with Gasteiger partial charge in [0.2, 0.25) is 17.7 Å². The number of halogens is 1. The van der Waals surface area contributed by atoms with Crippen molar-refractivity contribution in [3.63, 3.8) is 0 Å². The molecule has 1 aromatic heterocycles. The summed E-state index contributed by atoms with van der Waals surface area (Å²) in [5.41, 5.74) is 1.91. The Labute approximate surface area is 251 Å². The van der Waals surface area contributed by atoms with Gasteiger partial charge in [0.25, 0.3) is 0 Å². The molecule has 0 saturated heterocycles. The number of nitrogens with zero attached hydrogens (tertiary/aromatic N) is 2. The number of benzene rings is 2. The second-order valence-electron chi connectivity index (χ2n) is 10.7. The molecule has 2 heterocycles. The van der Waals surface area contributed by atoms with E-state index in [9.17, 15) is 14.4 Å². The molecule has 0 aliphatic carbocycles. The van der Waals surface area contributed by atoms with Crippen LogP contribution in [0.5, 0.6) is 5.75 Å². The van der Waals surface area contributed by atoms with Crippen molar-refractivity contribution >= 4 is 29.3 Å². The molecule has 1 aliphatic rings. The molecule has 0 radical (unpaired) electrons. The van der Waals surface area contributed by atoms with Crippen LogP contribution in [-0.4, -0.2) is 65.1 Å². The number of ether oxygens (including phenoxy) is 1. The number of imidazole rings is 1. The molecule has 42 heavy (non-hydrogen) atoms. The quantitative estimate of drug-likeness (QED) is 0.360. The molecule has 224 valence electrons. The zero-order chi connectivity index (χ0) is 29.9. The molecule has 0 fully saturated rings. The van der Waals surface area contributed by atoms with Crippen LogP contribution in [0.2, 0.25) is 5.02 Å². The Bertz CT molecular complexity index is 1330. The van der Waals surface area contributed by atoms with Crippen LogP contribution in [0.4, 0.5) is 0 Å². The van der Waals surface area contributed by atoms with Crippen LogP contribution >= 0.6 is 11.6 Å². The van der Waals surface area contributed by atoms with E-state index in [1.165, 1.54) is 0 Å². The molecule has 0 spiro atoms. The average Bonchev–Trinajstić information content (AvgIpc) is 3.48. The summed E-state index contributed by atoms with van der Waals surface area (Å²) < 4.78 is 7.82. The number of fused-ring (bicyclic) bond motifs is 1. The summed E-state index contributed by atoms with van der Waals surface area (Å²) in [6.45, 7) is 5.09. The van der Waals surface area contributed by atoms with Gasteiger partial charge in [-0.05, 0) is 54.5 Å². The van der Waals surface area contributed by atoms with Crippen molar-refractivity contribution in [2.24, 2.45) is 5.92 Å². The summed E-state index contributed by atoms with van der Waals surface area (Å²) in [5.74, 6) is -0.535. The van der Waals surface area contributed by atoms with Crippen molar-refractivity contribution in [3.05, 3.63) is 83.4 Å². The van der Waals surface area contributed by atoms with Gasteiger partial charge < -0.3 is 30.6 Å². The molecular weight excluding hydrogens is 556 g/mol. The molecule has 0 unspecified atom stereocenters. The number of aromatic nitrogens is 2. The Morgan fingerprint density at radius 3 is 2.60 bits per heavy atom. The van der Waals surface area contributed by atoms with E-state index in [2.05, 4.69) is 26.3 Å². The number of carbonyl (C=O) groups is 3. The lowest BCUT2D eigenvalue weighted by Crippen LogP contribution is -2.59. The minimum absolute atomic E-state index is 0.200. The van der Waals surface area contributed by atoms with E-state index in [1.807, 2.05) is 56.3 Å². The smallest absolute Gasteiger partial charge is 0.244 e. The molecule has 11 heteroatoms. The molecular formula is C31H39ClN6O4. The van der Waals surface area contributed by atoms with Crippen molar-refractivity contribution in [3.8, 4) is 5.75 Å². The van der Waals surface area contributed by atoms with Gasteiger partial charge >= 0.3 is 0 Å². The number of aryl methyl sites for hydroxylation is 1. The third-order valence-corrected chi connectivity index (χ3v) is 7.36. The summed E-state index contributed by atoms with van der Waals surface area (Å²) in [6.07, 6.45) is 6.71. The number of rotatable bonds is 5. The minimum atomic E-state index is -0.861. The van der Waals surface area contributed by atoms with Crippen LogP contribution in [0.25, 0.3) is 0 Å². The lowest BCUT2D eigenvalue weighted by atomic mass is 10.0. The highest BCUT2D eigenvalue weighted by Crippen LogP contribution is 2.19. The van der Waals surface area contributed by atoms with E-state index in [-0.39, 0.29) is 24.3 Å². The molecule has 0 saturated carbocycles. The van der Waals surface area contributed by atoms with Gasteiger partial charge in [-0.2, -0.15) is 0 Å². The highest BCUT2D eigenvalue weighted by Gasteiger charge is 2.31. The number of amides is 3. The predicted octanol–water partition coefficient (Wildman–Crippen LogP) is 2.50. The Kier molecular flexibility index (Phi) is 11.4. The fraction of sp³-hybridized carbons (Fsp3) is 0.419. The van der Waals surface area contributed by atoms with Crippen LogP contribution in [0.15, 0.2) is 67.3 Å². The maximum atomic E-state index is 13.6. The number of hydrogen-bond acceptors (Lipinski definition) is 6. The third-order valence-electron chi connectivity index (χ3n) is 7.12. The van der Waals surface area contributed by atoms with Crippen LogP contribution in [-0.2, 0) is 33.8 Å². The number of carbonyl (C=O) groups excluding carboxylic acids is 3. The normalized spacial score (nSPS) is 21.2. The van der Waals surface area contributed by atoms with Gasteiger partial charge in [-0.1, -0.05) is 55.8 Å². The average molecular weight is 595 g/mol. The van der Waals surface area contributed by atoms with E-state index >= 15 is 0 Å². The van der Waals surface area contributed by atoms with Crippen LogP contribution < -0.4 is 26.0 Å². The molecule has 4 N–H and O–H groups in total. The molecule has 2 aromatic carbocycles. The lowest BCUT2D eigenvalue weighted by molar-refractivity contribution is -0.133. The van der Waals surface area contributed by atoms with Crippen LogP contribution in [0.3, 0.4) is 0 Å². The fourth-order valence-electron chi connectivity index (χ4n) is 4.87. The van der Waals surface area contributed by atoms with Gasteiger partial charge in [0, 0.05) is 30.5 Å². The van der Waals surface area contributed by atoms with Crippen LogP contribution in [0, 0.1) is 5.92 Å². The first-order valence-corrected chi connectivity index (χ1v) is 14.7. The third kappa shape index (κ3) is 9.06. The topological polar surface area (TPSA) is 126 Å². The van der Waals surface area contributed by atoms with Crippen LogP contribution in [0.1, 0.15) is 31.4 Å². The molecule has 10 nitrogen and oxygen atoms in total. The van der Waals surface area contributed by atoms with E-state index in [0.29, 0.717) is 44.0 Å².